The van der Waals surface area contributed by atoms with Crippen LogP contribution >= 0.6 is 11.9 Å². The second-order valence-corrected chi connectivity index (χ2v) is 5.96. The van der Waals surface area contributed by atoms with Gasteiger partial charge in [-0.1, -0.05) is 11.9 Å². The first kappa shape index (κ1) is 13.2. The minimum Gasteiger partial charge on any atom is -0.381 e. The second-order valence-electron chi connectivity index (χ2n) is 4.98. The van der Waals surface area contributed by atoms with Gasteiger partial charge < -0.3 is 10.1 Å². The van der Waals surface area contributed by atoms with E-state index in [2.05, 4.69) is 23.0 Å². The molecular formula is C12H21N3OS. The Kier molecular flexibility index (Phi) is 4.69. The van der Waals surface area contributed by atoms with E-state index >= 15 is 0 Å². The van der Waals surface area contributed by atoms with Crippen LogP contribution in [0.4, 0.5) is 0 Å². The molecule has 1 heterocycles. The molecule has 0 aromatic carbocycles. The number of methoxy groups -OCH3 is 1. The van der Waals surface area contributed by atoms with Gasteiger partial charge in [-0.05, 0) is 32.6 Å². The van der Waals surface area contributed by atoms with Crippen LogP contribution in [0.5, 0.6) is 0 Å². The maximum Gasteiger partial charge on any atom is 0.0881 e. The molecule has 3 atom stereocenters. The third-order valence-electron chi connectivity index (χ3n) is 3.80. The highest BCUT2D eigenvalue weighted by Gasteiger charge is 2.36. The van der Waals surface area contributed by atoms with Gasteiger partial charge in [-0.2, -0.15) is 5.26 Å². The van der Waals surface area contributed by atoms with Gasteiger partial charge in [0, 0.05) is 19.2 Å². The molecule has 1 aliphatic carbocycles. The maximum absolute atomic E-state index is 9.15. The van der Waals surface area contributed by atoms with Crippen molar-refractivity contribution in [2.75, 3.05) is 7.11 Å². The standard InChI is InChI=1S/C12H21N3OS/c1-8-11(7-13)12(17-15-8)14-9-3-5-10(16-2)6-4-9/h8-12,14-15H,3-6H2,1-2H3. The summed E-state index contributed by atoms with van der Waals surface area (Å²) in [4.78, 5) is 0. The van der Waals surface area contributed by atoms with Gasteiger partial charge in [-0.25, -0.2) is 0 Å². The molecule has 2 N–H and O–H groups in total. The Morgan fingerprint density at radius 3 is 2.65 bits per heavy atom. The molecule has 5 heteroatoms. The quantitative estimate of drug-likeness (QED) is 0.751. The summed E-state index contributed by atoms with van der Waals surface area (Å²) in [7, 11) is 1.79. The summed E-state index contributed by atoms with van der Waals surface area (Å²) in [6.45, 7) is 2.07. The van der Waals surface area contributed by atoms with Crippen molar-refractivity contribution in [3.63, 3.8) is 0 Å². The highest BCUT2D eigenvalue weighted by Crippen LogP contribution is 2.29. The van der Waals surface area contributed by atoms with Crippen molar-refractivity contribution in [1.82, 2.24) is 10.0 Å². The van der Waals surface area contributed by atoms with E-state index in [-0.39, 0.29) is 17.3 Å². The first-order valence-electron chi connectivity index (χ1n) is 6.34. The zero-order chi connectivity index (χ0) is 12.3. The van der Waals surface area contributed by atoms with Crippen LogP contribution < -0.4 is 10.0 Å². The molecule has 0 spiro atoms. The molecule has 96 valence electrons. The van der Waals surface area contributed by atoms with Gasteiger partial charge in [-0.3, -0.25) is 4.72 Å². The van der Waals surface area contributed by atoms with Crippen LogP contribution in [0.2, 0.25) is 0 Å². The summed E-state index contributed by atoms with van der Waals surface area (Å²) < 4.78 is 8.66. The van der Waals surface area contributed by atoms with E-state index in [9.17, 15) is 0 Å². The minimum absolute atomic E-state index is 0.0696. The number of ether oxygens (including phenoxy) is 1. The number of nitrogens with zero attached hydrogens (tertiary/aromatic N) is 1. The molecular weight excluding hydrogens is 234 g/mol. The van der Waals surface area contributed by atoms with Crippen molar-refractivity contribution in [2.24, 2.45) is 5.92 Å². The van der Waals surface area contributed by atoms with E-state index in [1.807, 2.05) is 0 Å². The molecule has 0 aromatic heterocycles. The Morgan fingerprint density at radius 2 is 2.06 bits per heavy atom. The highest BCUT2D eigenvalue weighted by atomic mass is 32.2. The smallest absolute Gasteiger partial charge is 0.0881 e. The molecule has 3 unspecified atom stereocenters. The van der Waals surface area contributed by atoms with E-state index in [0.717, 1.165) is 25.7 Å². The van der Waals surface area contributed by atoms with Gasteiger partial charge in [0.25, 0.3) is 0 Å². The molecule has 1 saturated heterocycles. The van der Waals surface area contributed by atoms with E-state index < -0.39 is 0 Å². The molecule has 2 rings (SSSR count). The van der Waals surface area contributed by atoms with E-state index in [4.69, 9.17) is 10.00 Å². The summed E-state index contributed by atoms with van der Waals surface area (Å²) in [5, 5.41) is 13.0. The number of hydrogen-bond donors (Lipinski definition) is 2. The van der Waals surface area contributed by atoms with Gasteiger partial charge >= 0.3 is 0 Å². The molecule has 0 aromatic rings. The predicted molar refractivity (Wildman–Crippen MR) is 69.3 cm³/mol. The summed E-state index contributed by atoms with van der Waals surface area (Å²) in [6, 6.07) is 3.22. The fourth-order valence-corrected chi connectivity index (χ4v) is 3.82. The van der Waals surface area contributed by atoms with Crippen LogP contribution in [0.25, 0.3) is 0 Å². The van der Waals surface area contributed by atoms with Crippen LogP contribution in [-0.2, 0) is 4.74 Å². The van der Waals surface area contributed by atoms with Crippen molar-refractivity contribution in [3.05, 3.63) is 0 Å². The first-order chi connectivity index (χ1) is 8.24. The van der Waals surface area contributed by atoms with Crippen LogP contribution in [0.3, 0.4) is 0 Å². The fraction of sp³-hybridized carbons (Fsp3) is 0.917. The Balaban J connectivity index is 1.80. The number of nitriles is 1. The largest absolute Gasteiger partial charge is 0.381 e. The average molecular weight is 255 g/mol. The van der Waals surface area contributed by atoms with Crippen LogP contribution in [0.15, 0.2) is 0 Å². The normalized spacial score (nSPS) is 42.3. The van der Waals surface area contributed by atoms with E-state index in [0.29, 0.717) is 12.1 Å². The lowest BCUT2D eigenvalue weighted by Crippen LogP contribution is -2.42. The van der Waals surface area contributed by atoms with Crippen molar-refractivity contribution in [3.8, 4) is 6.07 Å². The van der Waals surface area contributed by atoms with Gasteiger partial charge in [0.1, 0.15) is 0 Å². The fourth-order valence-electron chi connectivity index (χ4n) is 2.60. The average Bonchev–Trinajstić information content (AvgIpc) is 2.71. The SMILES string of the molecule is COC1CCC(NC2SNC(C)C2C#N)CC1. The topological polar surface area (TPSA) is 57.1 Å². The summed E-state index contributed by atoms with van der Waals surface area (Å²) in [5.41, 5.74) is 0. The third-order valence-corrected chi connectivity index (χ3v) is 4.99. The number of hydrogen-bond acceptors (Lipinski definition) is 5. The van der Waals surface area contributed by atoms with Crippen LogP contribution in [0, 0.1) is 17.2 Å². The zero-order valence-electron chi connectivity index (χ0n) is 10.5. The zero-order valence-corrected chi connectivity index (χ0v) is 11.3. The molecule has 2 aliphatic rings. The van der Waals surface area contributed by atoms with E-state index in [1.54, 1.807) is 19.1 Å². The molecule has 1 saturated carbocycles. The summed E-state index contributed by atoms with van der Waals surface area (Å²) >= 11 is 1.67. The first-order valence-corrected chi connectivity index (χ1v) is 7.22. The molecule has 4 nitrogen and oxygen atoms in total. The Hall–Kier alpha value is -0.280. The maximum atomic E-state index is 9.15. The highest BCUT2D eigenvalue weighted by molar-refractivity contribution is 7.98. The minimum atomic E-state index is 0.0696. The Morgan fingerprint density at radius 1 is 1.35 bits per heavy atom. The Labute approximate surface area is 108 Å². The van der Waals surface area contributed by atoms with Crippen LogP contribution in [0.1, 0.15) is 32.6 Å². The van der Waals surface area contributed by atoms with Crippen molar-refractivity contribution < 1.29 is 4.74 Å². The van der Waals surface area contributed by atoms with Gasteiger partial charge in [0.15, 0.2) is 0 Å². The Bertz CT molecular complexity index is 286. The lowest BCUT2D eigenvalue weighted by Gasteiger charge is -2.30. The van der Waals surface area contributed by atoms with Gasteiger partial charge in [0.05, 0.1) is 23.5 Å². The van der Waals surface area contributed by atoms with Crippen molar-refractivity contribution in [1.29, 1.82) is 5.26 Å². The molecule has 0 amide bonds. The van der Waals surface area contributed by atoms with Crippen LogP contribution in [-0.4, -0.2) is 30.7 Å². The van der Waals surface area contributed by atoms with Gasteiger partial charge in [0.2, 0.25) is 0 Å². The third kappa shape index (κ3) is 3.14. The predicted octanol–water partition coefficient (Wildman–Crippen LogP) is 1.64. The molecule has 1 aliphatic heterocycles. The lowest BCUT2D eigenvalue weighted by atomic mass is 9.92. The molecule has 0 bridgehead atoms. The van der Waals surface area contributed by atoms with Crippen molar-refractivity contribution >= 4 is 11.9 Å². The molecule has 2 fully saturated rings. The summed E-state index contributed by atoms with van der Waals surface area (Å²) in [6.07, 6.45) is 5.01. The number of nitrogens with one attached hydrogen (secondary N) is 2. The van der Waals surface area contributed by atoms with Crippen molar-refractivity contribution in [2.45, 2.75) is 56.2 Å². The van der Waals surface area contributed by atoms with E-state index in [1.165, 1.54) is 0 Å². The second kappa shape index (κ2) is 6.05. The molecule has 17 heavy (non-hydrogen) atoms. The summed E-state index contributed by atoms with van der Waals surface area (Å²) in [5.74, 6) is 0.0696. The van der Waals surface area contributed by atoms with Gasteiger partial charge in [-0.15, -0.1) is 0 Å². The number of rotatable bonds is 3. The monoisotopic (exact) mass is 255 g/mol. The molecule has 0 radical (unpaired) electrons. The lowest BCUT2D eigenvalue weighted by molar-refractivity contribution is 0.0619.